The van der Waals surface area contributed by atoms with Crippen molar-refractivity contribution in [1.82, 2.24) is 9.62 Å². The van der Waals surface area contributed by atoms with Gasteiger partial charge in [0, 0.05) is 12.6 Å². The summed E-state index contributed by atoms with van der Waals surface area (Å²) in [6.07, 6.45) is 0. The molecule has 0 aliphatic carbocycles. The number of amides is 1. The fourth-order valence-corrected chi connectivity index (χ4v) is 6.25. The van der Waals surface area contributed by atoms with Crippen LogP contribution in [0.4, 0.5) is 5.69 Å². The predicted octanol–water partition coefficient (Wildman–Crippen LogP) is 1.58. The molecule has 1 amide bonds. The van der Waals surface area contributed by atoms with Crippen LogP contribution in [-0.2, 0) is 24.8 Å². The minimum absolute atomic E-state index is 0.00564. The lowest BCUT2D eigenvalue weighted by molar-refractivity contribution is -0.119. The number of benzene rings is 2. The maximum atomic E-state index is 12.7. The van der Waals surface area contributed by atoms with Crippen molar-refractivity contribution in [3.63, 3.8) is 0 Å². The Kier molecular flexibility index (Phi) is 6.32. The van der Waals surface area contributed by atoms with Crippen molar-refractivity contribution in [2.45, 2.75) is 17.9 Å². The van der Waals surface area contributed by atoms with Gasteiger partial charge >= 0.3 is 0 Å². The van der Waals surface area contributed by atoms with Crippen molar-refractivity contribution in [2.75, 3.05) is 30.7 Å². The predicted molar refractivity (Wildman–Crippen MR) is 115 cm³/mol. The van der Waals surface area contributed by atoms with Gasteiger partial charge in [0.25, 0.3) is 0 Å². The molecule has 2 atom stereocenters. The van der Waals surface area contributed by atoms with Gasteiger partial charge in [0.05, 0.1) is 22.3 Å². The molecule has 10 heteroatoms. The van der Waals surface area contributed by atoms with Gasteiger partial charge in [-0.3, -0.25) is 4.79 Å². The highest BCUT2D eigenvalue weighted by atomic mass is 32.2. The van der Waals surface area contributed by atoms with Crippen LogP contribution < -0.4 is 9.03 Å². The van der Waals surface area contributed by atoms with E-state index in [0.717, 1.165) is 9.87 Å². The molecule has 1 aliphatic heterocycles. The summed E-state index contributed by atoms with van der Waals surface area (Å²) < 4.78 is 53.3. The summed E-state index contributed by atoms with van der Waals surface area (Å²) in [5.74, 6) is -1.39. The zero-order valence-electron chi connectivity index (χ0n) is 17.0. The number of carbonyl (C=O) groups is 1. The monoisotopic (exact) mass is 451 g/mol. The fourth-order valence-electron chi connectivity index (χ4n) is 3.39. The third kappa shape index (κ3) is 4.56. The highest BCUT2D eigenvalue weighted by molar-refractivity contribution is 7.94. The lowest BCUT2D eigenvalue weighted by atomic mass is 10.1. The van der Waals surface area contributed by atoms with Gasteiger partial charge in [-0.1, -0.05) is 37.3 Å². The first kappa shape index (κ1) is 22.4. The van der Waals surface area contributed by atoms with E-state index in [1.165, 1.54) is 24.3 Å². The lowest BCUT2D eigenvalue weighted by Gasteiger charge is -2.25. The van der Waals surface area contributed by atoms with Crippen LogP contribution in [0.2, 0.25) is 0 Å². The quantitative estimate of drug-likeness (QED) is 0.686. The maximum absolute atomic E-state index is 12.7. The number of hydrogen-bond acceptors (Lipinski definition) is 6. The summed E-state index contributed by atoms with van der Waals surface area (Å²) in [6, 6.07) is 14.7. The van der Waals surface area contributed by atoms with Crippen LogP contribution in [0.1, 0.15) is 18.5 Å². The number of nitrogens with one attached hydrogen (secondary N) is 1. The standard InChI is InChI=1S/C20H25N3O5S2/c1-15-14-29(25,26)23(20(15)24)17-9-11-18(12-10-17)30(27,28)21-13-19(22(2)3)16-7-5-4-6-8-16/h4-12,15,19,21H,13-14H2,1-3H3. The second-order valence-electron chi connectivity index (χ2n) is 7.52. The summed E-state index contributed by atoms with van der Waals surface area (Å²) in [5, 5.41) is 0. The average molecular weight is 452 g/mol. The number of anilines is 1. The first-order chi connectivity index (χ1) is 14.0. The Balaban J connectivity index is 1.78. The summed E-state index contributed by atoms with van der Waals surface area (Å²) in [7, 11) is -3.81. The average Bonchev–Trinajstić information content (AvgIpc) is 2.89. The first-order valence-corrected chi connectivity index (χ1v) is 12.5. The Morgan fingerprint density at radius 3 is 2.20 bits per heavy atom. The van der Waals surface area contributed by atoms with E-state index in [1.807, 2.05) is 49.3 Å². The number of hydrogen-bond donors (Lipinski definition) is 1. The van der Waals surface area contributed by atoms with Gasteiger partial charge < -0.3 is 4.90 Å². The van der Waals surface area contributed by atoms with E-state index in [9.17, 15) is 21.6 Å². The lowest BCUT2D eigenvalue weighted by Crippen LogP contribution is -2.34. The number of rotatable bonds is 7. The Morgan fingerprint density at radius 1 is 1.10 bits per heavy atom. The van der Waals surface area contributed by atoms with E-state index in [2.05, 4.69) is 4.72 Å². The molecule has 0 bridgehead atoms. The molecule has 1 N–H and O–H groups in total. The molecule has 0 saturated carbocycles. The molecule has 1 aliphatic rings. The molecule has 162 valence electrons. The molecule has 30 heavy (non-hydrogen) atoms. The van der Waals surface area contributed by atoms with Crippen LogP contribution in [0.5, 0.6) is 0 Å². The fraction of sp³-hybridized carbons (Fsp3) is 0.350. The molecule has 2 aromatic carbocycles. The molecule has 1 fully saturated rings. The Labute approximate surface area is 177 Å². The summed E-state index contributed by atoms with van der Waals surface area (Å²) in [6.45, 7) is 1.72. The van der Waals surface area contributed by atoms with Crippen LogP contribution in [0, 0.1) is 5.92 Å². The number of carbonyl (C=O) groups excluding carboxylic acids is 1. The third-order valence-corrected chi connectivity index (χ3v) is 8.32. The third-order valence-electron chi connectivity index (χ3n) is 5.02. The smallest absolute Gasteiger partial charge is 0.244 e. The molecule has 3 rings (SSSR count). The van der Waals surface area contributed by atoms with Gasteiger partial charge in [0.15, 0.2) is 0 Å². The van der Waals surface area contributed by atoms with Crippen LogP contribution in [0.25, 0.3) is 0 Å². The Morgan fingerprint density at radius 2 is 1.70 bits per heavy atom. The van der Waals surface area contributed by atoms with Gasteiger partial charge in [-0.2, -0.15) is 0 Å². The van der Waals surface area contributed by atoms with Gasteiger partial charge in [-0.15, -0.1) is 0 Å². The zero-order chi connectivity index (χ0) is 22.1. The van der Waals surface area contributed by atoms with Crippen LogP contribution >= 0.6 is 0 Å². The van der Waals surface area contributed by atoms with Crippen LogP contribution in [0.3, 0.4) is 0 Å². The second kappa shape index (κ2) is 8.46. The van der Waals surface area contributed by atoms with E-state index in [4.69, 9.17) is 0 Å². The number of likely N-dealkylation sites (N-methyl/N-ethyl adjacent to an activating group) is 1. The van der Waals surface area contributed by atoms with Crippen LogP contribution in [-0.4, -0.2) is 54.0 Å². The van der Waals surface area contributed by atoms with E-state index in [1.54, 1.807) is 6.92 Å². The topological polar surface area (TPSA) is 104 Å². The molecular formula is C20H25N3O5S2. The van der Waals surface area contributed by atoms with E-state index >= 15 is 0 Å². The number of sulfonamides is 2. The molecule has 2 unspecified atom stereocenters. The van der Waals surface area contributed by atoms with Crippen molar-refractivity contribution in [3.8, 4) is 0 Å². The Bertz CT molecular complexity index is 1110. The molecule has 1 heterocycles. The van der Waals surface area contributed by atoms with Crippen molar-refractivity contribution in [1.29, 1.82) is 0 Å². The largest absolute Gasteiger partial charge is 0.301 e. The van der Waals surface area contributed by atoms with Gasteiger partial charge in [-0.25, -0.2) is 25.9 Å². The molecule has 0 spiro atoms. The van der Waals surface area contributed by atoms with Gasteiger partial charge in [-0.05, 0) is 43.9 Å². The van der Waals surface area contributed by atoms with E-state index in [-0.39, 0.29) is 28.9 Å². The van der Waals surface area contributed by atoms with E-state index < -0.39 is 31.9 Å². The second-order valence-corrected chi connectivity index (χ2v) is 11.1. The highest BCUT2D eigenvalue weighted by Crippen LogP contribution is 2.29. The molecule has 0 aromatic heterocycles. The maximum Gasteiger partial charge on any atom is 0.244 e. The summed E-state index contributed by atoms with van der Waals surface area (Å²) in [5.41, 5.74) is 1.12. The minimum Gasteiger partial charge on any atom is -0.301 e. The van der Waals surface area contributed by atoms with Crippen molar-refractivity contribution in [2.24, 2.45) is 5.92 Å². The SMILES string of the molecule is CC1CS(=O)(=O)N(c2ccc(S(=O)(=O)NCC(c3ccccc3)N(C)C)cc2)C1=O. The molecule has 8 nitrogen and oxygen atoms in total. The van der Waals surface area contributed by atoms with Crippen molar-refractivity contribution in [3.05, 3.63) is 60.2 Å². The summed E-state index contributed by atoms with van der Waals surface area (Å²) >= 11 is 0. The van der Waals surface area contributed by atoms with Gasteiger partial charge in [0.2, 0.25) is 26.0 Å². The normalized spacial score (nSPS) is 19.9. The highest BCUT2D eigenvalue weighted by Gasteiger charge is 2.42. The first-order valence-electron chi connectivity index (χ1n) is 9.41. The molecular weight excluding hydrogens is 426 g/mol. The van der Waals surface area contributed by atoms with Crippen LogP contribution in [0.15, 0.2) is 59.5 Å². The van der Waals surface area contributed by atoms with E-state index in [0.29, 0.717) is 0 Å². The molecule has 2 aromatic rings. The molecule has 0 radical (unpaired) electrons. The van der Waals surface area contributed by atoms with Crippen molar-refractivity contribution < 1.29 is 21.6 Å². The summed E-state index contributed by atoms with van der Waals surface area (Å²) in [4.78, 5) is 14.1. The van der Waals surface area contributed by atoms with Gasteiger partial charge in [0.1, 0.15) is 0 Å². The number of nitrogens with zero attached hydrogens (tertiary/aromatic N) is 2. The van der Waals surface area contributed by atoms with Crippen molar-refractivity contribution >= 4 is 31.6 Å². The zero-order valence-corrected chi connectivity index (χ0v) is 18.7. The Hall–Kier alpha value is -2.27. The molecule has 1 saturated heterocycles. The minimum atomic E-state index is -3.82.